The van der Waals surface area contributed by atoms with Gasteiger partial charge in [-0.2, -0.15) is 4.39 Å². The summed E-state index contributed by atoms with van der Waals surface area (Å²) in [5.41, 5.74) is 0. The van der Waals surface area contributed by atoms with Gasteiger partial charge in [-0.25, -0.2) is 4.98 Å². The van der Waals surface area contributed by atoms with Gasteiger partial charge in [0.1, 0.15) is 5.82 Å². The third-order valence-corrected chi connectivity index (χ3v) is 2.45. The van der Waals surface area contributed by atoms with Gasteiger partial charge < -0.3 is 4.90 Å². The third-order valence-electron chi connectivity index (χ3n) is 2.45. The molecule has 3 heteroatoms. The van der Waals surface area contributed by atoms with Gasteiger partial charge in [-0.3, -0.25) is 0 Å². The van der Waals surface area contributed by atoms with Crippen LogP contribution >= 0.6 is 0 Å². The van der Waals surface area contributed by atoms with Crippen LogP contribution in [0.4, 0.5) is 10.2 Å². The maximum Gasteiger partial charge on any atom is 0.214 e. The van der Waals surface area contributed by atoms with Gasteiger partial charge in [0.2, 0.25) is 5.95 Å². The zero-order valence-corrected chi connectivity index (χ0v) is 8.41. The van der Waals surface area contributed by atoms with Crippen molar-refractivity contribution in [2.45, 2.75) is 32.2 Å². The molecular weight excluding hydrogens is 179 g/mol. The molecule has 0 atom stereocenters. The number of hydrogen-bond donors (Lipinski definition) is 0. The van der Waals surface area contributed by atoms with Crippen molar-refractivity contribution in [3.63, 3.8) is 0 Å². The number of rotatable bonds is 4. The topological polar surface area (TPSA) is 16.1 Å². The molecule has 14 heavy (non-hydrogen) atoms. The smallest absolute Gasteiger partial charge is 0.214 e. The zero-order valence-electron chi connectivity index (χ0n) is 8.41. The summed E-state index contributed by atoms with van der Waals surface area (Å²) in [6, 6.07) is 5.60. The highest BCUT2D eigenvalue weighted by molar-refractivity contribution is 5.40. The molecule has 2 nitrogen and oxygen atoms in total. The molecule has 2 rings (SSSR count). The van der Waals surface area contributed by atoms with E-state index in [1.807, 2.05) is 6.07 Å². The largest absolute Gasteiger partial charge is 0.354 e. The van der Waals surface area contributed by atoms with Crippen molar-refractivity contribution < 1.29 is 4.39 Å². The van der Waals surface area contributed by atoms with Gasteiger partial charge in [-0.1, -0.05) is 13.0 Å². The Labute approximate surface area is 83.8 Å². The molecule has 0 aliphatic heterocycles. The molecule has 0 amide bonds. The number of halogens is 1. The van der Waals surface area contributed by atoms with Crippen LogP contribution in [0, 0.1) is 5.95 Å². The summed E-state index contributed by atoms with van der Waals surface area (Å²) in [5.74, 6) is 0.401. The monoisotopic (exact) mass is 194 g/mol. The van der Waals surface area contributed by atoms with Crippen LogP contribution in [-0.2, 0) is 0 Å². The summed E-state index contributed by atoms with van der Waals surface area (Å²) in [4.78, 5) is 6.12. The lowest BCUT2D eigenvalue weighted by Crippen LogP contribution is -2.27. The van der Waals surface area contributed by atoms with Crippen molar-refractivity contribution in [2.75, 3.05) is 11.4 Å². The fourth-order valence-electron chi connectivity index (χ4n) is 1.67. The molecule has 1 heterocycles. The van der Waals surface area contributed by atoms with E-state index in [9.17, 15) is 4.39 Å². The average molecular weight is 194 g/mol. The Morgan fingerprint density at radius 2 is 2.29 bits per heavy atom. The average Bonchev–Trinajstić information content (AvgIpc) is 2.97. The van der Waals surface area contributed by atoms with Crippen LogP contribution < -0.4 is 4.90 Å². The first kappa shape index (κ1) is 9.44. The summed E-state index contributed by atoms with van der Waals surface area (Å²) in [6.45, 7) is 3.11. The normalized spacial score (nSPS) is 15.6. The molecule has 0 radical (unpaired) electrons. The third kappa shape index (κ3) is 2.03. The molecule has 1 saturated carbocycles. The first-order chi connectivity index (χ1) is 6.81. The predicted octanol–water partition coefficient (Wildman–Crippen LogP) is 2.60. The van der Waals surface area contributed by atoms with E-state index in [0.29, 0.717) is 6.04 Å². The number of anilines is 1. The van der Waals surface area contributed by atoms with E-state index in [0.717, 1.165) is 18.8 Å². The van der Waals surface area contributed by atoms with Crippen molar-refractivity contribution in [1.82, 2.24) is 4.98 Å². The number of pyridine rings is 1. The van der Waals surface area contributed by atoms with E-state index in [4.69, 9.17) is 0 Å². The molecule has 1 aromatic heterocycles. The van der Waals surface area contributed by atoms with Gasteiger partial charge in [-0.15, -0.1) is 0 Å². The molecule has 76 valence electrons. The summed E-state index contributed by atoms with van der Waals surface area (Å²) >= 11 is 0. The molecule has 0 bridgehead atoms. The summed E-state index contributed by atoms with van der Waals surface area (Å²) < 4.78 is 12.9. The Morgan fingerprint density at radius 1 is 1.50 bits per heavy atom. The maximum atomic E-state index is 12.9. The van der Waals surface area contributed by atoms with Crippen LogP contribution in [0.3, 0.4) is 0 Å². The Hall–Kier alpha value is -1.12. The summed E-state index contributed by atoms with van der Waals surface area (Å²) in [7, 11) is 0. The predicted molar refractivity (Wildman–Crippen MR) is 54.9 cm³/mol. The van der Waals surface area contributed by atoms with Crippen LogP contribution in [0.2, 0.25) is 0 Å². The highest BCUT2D eigenvalue weighted by Gasteiger charge is 2.29. The minimum Gasteiger partial charge on any atom is -0.354 e. The van der Waals surface area contributed by atoms with Crippen LogP contribution in [0.15, 0.2) is 18.2 Å². The Balaban J connectivity index is 2.16. The van der Waals surface area contributed by atoms with Crippen LogP contribution in [0.5, 0.6) is 0 Å². The lowest BCUT2D eigenvalue weighted by atomic mass is 10.3. The molecule has 0 unspecified atom stereocenters. The van der Waals surface area contributed by atoms with E-state index < -0.39 is 0 Å². The van der Waals surface area contributed by atoms with Gasteiger partial charge in [0.25, 0.3) is 0 Å². The van der Waals surface area contributed by atoms with E-state index in [1.165, 1.54) is 18.9 Å². The van der Waals surface area contributed by atoms with Crippen molar-refractivity contribution in [3.8, 4) is 0 Å². The Kier molecular flexibility index (Phi) is 2.66. The van der Waals surface area contributed by atoms with E-state index in [1.54, 1.807) is 6.07 Å². The molecule has 0 saturated heterocycles. The van der Waals surface area contributed by atoms with Gasteiger partial charge in [0.05, 0.1) is 0 Å². The quantitative estimate of drug-likeness (QED) is 0.685. The Bertz CT molecular complexity index is 310. The van der Waals surface area contributed by atoms with Crippen molar-refractivity contribution in [3.05, 3.63) is 24.1 Å². The van der Waals surface area contributed by atoms with E-state index in [2.05, 4.69) is 16.8 Å². The maximum absolute atomic E-state index is 12.9. The highest BCUT2D eigenvalue weighted by Crippen LogP contribution is 2.30. The molecular formula is C11H15FN2. The first-order valence-electron chi connectivity index (χ1n) is 5.20. The second-order valence-electron chi connectivity index (χ2n) is 3.74. The molecule has 0 spiro atoms. The van der Waals surface area contributed by atoms with Crippen molar-refractivity contribution in [1.29, 1.82) is 0 Å². The minimum atomic E-state index is -0.385. The lowest BCUT2D eigenvalue weighted by molar-refractivity contribution is 0.579. The summed E-state index contributed by atoms with van der Waals surface area (Å²) in [5, 5.41) is 0. The molecule has 1 aliphatic rings. The highest BCUT2D eigenvalue weighted by atomic mass is 19.1. The fraction of sp³-hybridized carbons (Fsp3) is 0.545. The zero-order chi connectivity index (χ0) is 9.97. The molecule has 0 N–H and O–H groups in total. The van der Waals surface area contributed by atoms with Crippen LogP contribution in [-0.4, -0.2) is 17.6 Å². The van der Waals surface area contributed by atoms with Crippen molar-refractivity contribution in [2.24, 2.45) is 0 Å². The van der Waals surface area contributed by atoms with E-state index >= 15 is 0 Å². The fourth-order valence-corrected chi connectivity index (χ4v) is 1.67. The van der Waals surface area contributed by atoms with E-state index in [-0.39, 0.29) is 5.95 Å². The molecule has 1 fully saturated rings. The molecule has 1 aliphatic carbocycles. The number of aromatic nitrogens is 1. The second kappa shape index (κ2) is 3.95. The van der Waals surface area contributed by atoms with Gasteiger partial charge in [0, 0.05) is 12.6 Å². The molecule has 1 aromatic rings. The van der Waals surface area contributed by atoms with Crippen LogP contribution in [0.1, 0.15) is 26.2 Å². The van der Waals surface area contributed by atoms with Gasteiger partial charge in [0.15, 0.2) is 0 Å². The van der Waals surface area contributed by atoms with Crippen LogP contribution in [0.25, 0.3) is 0 Å². The minimum absolute atomic E-state index is 0.385. The number of hydrogen-bond acceptors (Lipinski definition) is 2. The SMILES string of the molecule is CCCN(c1cccc(F)n1)C1CC1. The van der Waals surface area contributed by atoms with Gasteiger partial charge >= 0.3 is 0 Å². The Morgan fingerprint density at radius 3 is 2.86 bits per heavy atom. The summed E-state index contributed by atoms with van der Waals surface area (Å²) in [6.07, 6.45) is 3.52. The molecule has 0 aromatic carbocycles. The lowest BCUT2D eigenvalue weighted by Gasteiger charge is -2.22. The standard InChI is InChI=1S/C11H15FN2/c1-2-8-14(9-6-7-9)11-5-3-4-10(12)13-11/h3-5,9H,2,6-8H2,1H3. The first-order valence-corrected chi connectivity index (χ1v) is 5.20. The van der Waals surface area contributed by atoms with Gasteiger partial charge in [-0.05, 0) is 31.4 Å². The van der Waals surface area contributed by atoms with Crippen molar-refractivity contribution >= 4 is 5.82 Å². The second-order valence-corrected chi connectivity index (χ2v) is 3.74. The number of nitrogens with zero attached hydrogens (tertiary/aromatic N) is 2.